The summed E-state index contributed by atoms with van der Waals surface area (Å²) < 4.78 is 37.4. The predicted molar refractivity (Wildman–Crippen MR) is 89.4 cm³/mol. The zero-order valence-corrected chi connectivity index (χ0v) is 14.6. The molecule has 8 heteroatoms. The van der Waals surface area contributed by atoms with Gasteiger partial charge in [-0.15, -0.1) is 0 Å². The second-order valence-electron chi connectivity index (χ2n) is 5.49. The Hall–Kier alpha value is -1.64. The predicted octanol–water partition coefficient (Wildman–Crippen LogP) is 1.05. The lowest BCUT2D eigenvalue weighted by Gasteiger charge is -2.11. The van der Waals surface area contributed by atoms with E-state index < -0.39 is 10.0 Å². The highest BCUT2D eigenvalue weighted by Gasteiger charge is 2.17. The van der Waals surface area contributed by atoms with Gasteiger partial charge in [0.05, 0.1) is 17.6 Å². The highest BCUT2D eigenvalue weighted by Crippen LogP contribution is 2.15. The van der Waals surface area contributed by atoms with E-state index in [4.69, 9.17) is 9.47 Å². The smallest absolute Gasteiger partial charge is 0.240 e. The zero-order chi connectivity index (χ0) is 17.4. The summed E-state index contributed by atoms with van der Waals surface area (Å²) in [5.74, 6) is 0.421. The van der Waals surface area contributed by atoms with Gasteiger partial charge in [0.25, 0.3) is 0 Å². The third-order valence-corrected chi connectivity index (χ3v) is 5.12. The fourth-order valence-electron chi connectivity index (χ4n) is 2.39. The molecule has 1 aromatic carbocycles. The first-order valence-electron chi connectivity index (χ1n) is 8.12. The van der Waals surface area contributed by atoms with Crippen molar-refractivity contribution in [3.8, 4) is 5.75 Å². The average Bonchev–Trinajstić information content (AvgIpc) is 3.07. The maximum absolute atomic E-state index is 12.1. The Morgan fingerprint density at radius 1 is 1.33 bits per heavy atom. The quantitative estimate of drug-likeness (QED) is 0.690. The van der Waals surface area contributed by atoms with E-state index in [9.17, 15) is 13.2 Å². The zero-order valence-electron chi connectivity index (χ0n) is 13.8. The van der Waals surface area contributed by atoms with Crippen LogP contribution in [-0.2, 0) is 19.6 Å². The molecule has 1 atom stereocenters. The van der Waals surface area contributed by atoms with Gasteiger partial charge in [0.15, 0.2) is 0 Å². The molecular formula is C16H24N2O5S. The van der Waals surface area contributed by atoms with Crippen LogP contribution in [0.15, 0.2) is 29.2 Å². The van der Waals surface area contributed by atoms with Crippen LogP contribution >= 0.6 is 0 Å². The van der Waals surface area contributed by atoms with Crippen LogP contribution in [-0.4, -0.2) is 46.7 Å². The van der Waals surface area contributed by atoms with E-state index in [0.717, 1.165) is 19.4 Å². The molecule has 1 amide bonds. The fraction of sp³-hybridized carbons (Fsp3) is 0.562. The van der Waals surface area contributed by atoms with Gasteiger partial charge in [0.1, 0.15) is 5.75 Å². The standard InChI is InChI=1S/C16H24N2O5S/c1-2-22-13-5-7-15(8-6-13)24(20,21)18-10-9-16(19)17-12-14-4-3-11-23-14/h5-8,14,18H,2-4,9-12H2,1H3,(H,17,19)/t14-/m1/s1. The van der Waals surface area contributed by atoms with Crippen molar-refractivity contribution >= 4 is 15.9 Å². The number of benzene rings is 1. The summed E-state index contributed by atoms with van der Waals surface area (Å²) in [6.45, 7) is 3.64. The van der Waals surface area contributed by atoms with Gasteiger partial charge in [-0.25, -0.2) is 13.1 Å². The number of carbonyl (C=O) groups excluding carboxylic acids is 1. The van der Waals surface area contributed by atoms with Gasteiger partial charge in [-0.2, -0.15) is 0 Å². The Kier molecular flexibility index (Phi) is 7.01. The molecule has 1 saturated heterocycles. The Labute approximate surface area is 142 Å². The SMILES string of the molecule is CCOc1ccc(S(=O)(=O)NCCC(=O)NC[C@H]2CCCO2)cc1. The minimum Gasteiger partial charge on any atom is -0.494 e. The third-order valence-electron chi connectivity index (χ3n) is 3.64. The van der Waals surface area contributed by atoms with Crippen LogP contribution in [0.2, 0.25) is 0 Å². The Morgan fingerprint density at radius 2 is 2.08 bits per heavy atom. The van der Waals surface area contributed by atoms with E-state index in [-0.39, 0.29) is 29.9 Å². The van der Waals surface area contributed by atoms with E-state index in [0.29, 0.717) is 18.9 Å². The summed E-state index contributed by atoms with van der Waals surface area (Å²) in [5, 5.41) is 2.76. The van der Waals surface area contributed by atoms with E-state index in [1.54, 1.807) is 12.1 Å². The van der Waals surface area contributed by atoms with Crippen LogP contribution < -0.4 is 14.8 Å². The summed E-state index contributed by atoms with van der Waals surface area (Å²) in [6, 6.07) is 6.16. The Morgan fingerprint density at radius 3 is 2.71 bits per heavy atom. The molecule has 2 N–H and O–H groups in total. The molecule has 0 aliphatic carbocycles. The van der Waals surface area contributed by atoms with E-state index >= 15 is 0 Å². The third kappa shape index (κ3) is 5.77. The molecule has 1 fully saturated rings. The van der Waals surface area contributed by atoms with E-state index in [1.807, 2.05) is 6.92 Å². The van der Waals surface area contributed by atoms with Gasteiger partial charge in [0.2, 0.25) is 15.9 Å². The molecule has 1 aromatic rings. The van der Waals surface area contributed by atoms with Crippen molar-refractivity contribution in [1.29, 1.82) is 0 Å². The van der Waals surface area contributed by atoms with Crippen LogP contribution in [0.25, 0.3) is 0 Å². The number of ether oxygens (including phenoxy) is 2. The molecule has 1 heterocycles. The largest absolute Gasteiger partial charge is 0.494 e. The molecule has 0 unspecified atom stereocenters. The fourth-order valence-corrected chi connectivity index (χ4v) is 3.42. The minimum absolute atomic E-state index is 0.0485. The molecule has 0 aromatic heterocycles. The average molecular weight is 356 g/mol. The highest BCUT2D eigenvalue weighted by atomic mass is 32.2. The maximum Gasteiger partial charge on any atom is 0.240 e. The second kappa shape index (κ2) is 9.00. The first kappa shape index (κ1) is 18.7. The first-order valence-corrected chi connectivity index (χ1v) is 9.60. The lowest BCUT2D eigenvalue weighted by Crippen LogP contribution is -2.34. The van der Waals surface area contributed by atoms with Crippen molar-refractivity contribution in [2.45, 2.75) is 37.2 Å². The topological polar surface area (TPSA) is 93.7 Å². The van der Waals surface area contributed by atoms with E-state index in [2.05, 4.69) is 10.0 Å². The van der Waals surface area contributed by atoms with Gasteiger partial charge in [-0.05, 0) is 44.0 Å². The van der Waals surface area contributed by atoms with Gasteiger partial charge in [-0.1, -0.05) is 0 Å². The summed E-state index contributed by atoms with van der Waals surface area (Å²) in [7, 11) is -3.63. The Bertz CT molecular complexity index is 624. The van der Waals surface area contributed by atoms with Gasteiger partial charge >= 0.3 is 0 Å². The number of carbonyl (C=O) groups is 1. The molecule has 0 bridgehead atoms. The van der Waals surface area contributed by atoms with Crippen molar-refractivity contribution in [2.75, 3.05) is 26.3 Å². The molecule has 0 radical (unpaired) electrons. The van der Waals surface area contributed by atoms with Gasteiger partial charge in [0, 0.05) is 26.1 Å². The van der Waals surface area contributed by atoms with Crippen molar-refractivity contribution in [3.05, 3.63) is 24.3 Å². The van der Waals surface area contributed by atoms with Crippen LogP contribution in [0.5, 0.6) is 5.75 Å². The van der Waals surface area contributed by atoms with Crippen LogP contribution in [0, 0.1) is 0 Å². The van der Waals surface area contributed by atoms with Crippen molar-refractivity contribution in [3.63, 3.8) is 0 Å². The molecule has 1 aliphatic rings. The molecule has 0 spiro atoms. The summed E-state index contributed by atoms with van der Waals surface area (Å²) in [5.41, 5.74) is 0. The molecule has 1 aliphatic heterocycles. The van der Waals surface area contributed by atoms with Crippen LogP contribution in [0.1, 0.15) is 26.2 Å². The second-order valence-corrected chi connectivity index (χ2v) is 7.26. The molecule has 0 saturated carbocycles. The number of hydrogen-bond donors (Lipinski definition) is 2. The van der Waals surface area contributed by atoms with Gasteiger partial charge in [-0.3, -0.25) is 4.79 Å². The number of nitrogens with one attached hydrogen (secondary N) is 2. The molecule has 24 heavy (non-hydrogen) atoms. The lowest BCUT2D eigenvalue weighted by atomic mass is 10.2. The molecule has 134 valence electrons. The molecular weight excluding hydrogens is 332 g/mol. The number of amides is 1. The Balaban J connectivity index is 1.74. The lowest BCUT2D eigenvalue weighted by molar-refractivity contribution is -0.121. The monoisotopic (exact) mass is 356 g/mol. The summed E-state index contributed by atoms with van der Waals surface area (Å²) >= 11 is 0. The van der Waals surface area contributed by atoms with Crippen LogP contribution in [0.3, 0.4) is 0 Å². The minimum atomic E-state index is -3.63. The summed E-state index contributed by atoms with van der Waals surface area (Å²) in [4.78, 5) is 11.9. The van der Waals surface area contributed by atoms with Crippen molar-refractivity contribution < 1.29 is 22.7 Å². The molecule has 2 rings (SSSR count). The summed E-state index contributed by atoms with van der Waals surface area (Å²) in [6.07, 6.45) is 2.13. The number of hydrogen-bond acceptors (Lipinski definition) is 5. The van der Waals surface area contributed by atoms with E-state index in [1.165, 1.54) is 12.1 Å². The molecule has 7 nitrogen and oxygen atoms in total. The number of rotatable bonds is 9. The number of sulfonamides is 1. The highest BCUT2D eigenvalue weighted by molar-refractivity contribution is 7.89. The normalized spacial score (nSPS) is 17.6. The van der Waals surface area contributed by atoms with Crippen molar-refractivity contribution in [1.82, 2.24) is 10.0 Å². The van der Waals surface area contributed by atoms with Crippen molar-refractivity contribution in [2.24, 2.45) is 0 Å². The van der Waals surface area contributed by atoms with Gasteiger partial charge < -0.3 is 14.8 Å². The maximum atomic E-state index is 12.1. The van der Waals surface area contributed by atoms with Crippen LogP contribution in [0.4, 0.5) is 0 Å². The first-order chi connectivity index (χ1) is 11.5.